The number of allylic oxidation sites excluding steroid dienone is 1. The second kappa shape index (κ2) is 6.92. The van der Waals surface area contributed by atoms with E-state index in [0.29, 0.717) is 0 Å². The SMILES string of the molecule is CC1(C)c2cc3[nH]c4ccccc4c3cc2N(c2ccccc2)c2cc3[nH]c4c(c3cc21)CCC=C4. The summed E-state index contributed by atoms with van der Waals surface area (Å²) in [5.74, 6) is 0. The number of aryl methyl sites for hydroxylation is 1. The predicted molar refractivity (Wildman–Crippen MR) is 152 cm³/mol. The Hall–Kier alpha value is -4.24. The molecule has 3 heterocycles. The van der Waals surface area contributed by atoms with E-state index in [9.17, 15) is 0 Å². The first-order valence-corrected chi connectivity index (χ1v) is 12.9. The average molecular weight is 466 g/mol. The molecule has 8 rings (SSSR count). The number of benzene rings is 4. The average Bonchev–Trinajstić information content (AvgIpc) is 3.45. The van der Waals surface area contributed by atoms with Crippen molar-refractivity contribution in [1.29, 1.82) is 0 Å². The topological polar surface area (TPSA) is 34.8 Å². The first kappa shape index (κ1) is 20.0. The third-order valence-electron chi connectivity index (χ3n) is 8.37. The highest BCUT2D eigenvalue weighted by Crippen LogP contribution is 2.54. The molecule has 0 saturated carbocycles. The molecule has 0 unspecified atom stereocenters. The van der Waals surface area contributed by atoms with Crippen molar-refractivity contribution in [2.24, 2.45) is 0 Å². The Morgan fingerprint density at radius 1 is 0.694 bits per heavy atom. The van der Waals surface area contributed by atoms with Crippen LogP contribution in [0.5, 0.6) is 0 Å². The zero-order valence-electron chi connectivity index (χ0n) is 20.5. The van der Waals surface area contributed by atoms with Crippen LogP contribution in [-0.2, 0) is 11.8 Å². The second-order valence-corrected chi connectivity index (χ2v) is 10.8. The number of nitrogens with zero attached hydrogens (tertiary/aromatic N) is 1. The van der Waals surface area contributed by atoms with Crippen molar-refractivity contribution in [2.45, 2.75) is 32.1 Å². The monoisotopic (exact) mass is 465 g/mol. The zero-order chi connectivity index (χ0) is 24.0. The number of aromatic nitrogens is 2. The maximum atomic E-state index is 3.72. The van der Waals surface area contributed by atoms with E-state index in [1.165, 1.54) is 72.2 Å². The molecule has 0 fully saturated rings. The van der Waals surface area contributed by atoms with Crippen LogP contribution in [0.1, 0.15) is 42.7 Å². The fourth-order valence-corrected chi connectivity index (χ4v) is 6.54. The molecule has 1 aliphatic carbocycles. The Kier molecular flexibility index (Phi) is 3.84. The molecule has 0 bridgehead atoms. The molecule has 0 atom stereocenters. The van der Waals surface area contributed by atoms with Crippen molar-refractivity contribution in [2.75, 3.05) is 4.90 Å². The van der Waals surface area contributed by atoms with Gasteiger partial charge in [0.25, 0.3) is 0 Å². The minimum absolute atomic E-state index is 0.149. The third kappa shape index (κ3) is 2.58. The summed E-state index contributed by atoms with van der Waals surface area (Å²) in [4.78, 5) is 9.86. The second-order valence-electron chi connectivity index (χ2n) is 10.8. The smallest absolute Gasteiger partial charge is 0.0523 e. The van der Waals surface area contributed by atoms with Gasteiger partial charge in [0.05, 0.1) is 11.4 Å². The highest BCUT2D eigenvalue weighted by atomic mass is 15.2. The van der Waals surface area contributed by atoms with Crippen LogP contribution in [0.25, 0.3) is 38.8 Å². The van der Waals surface area contributed by atoms with E-state index >= 15 is 0 Å². The van der Waals surface area contributed by atoms with Crippen LogP contribution in [0.15, 0.2) is 84.9 Å². The predicted octanol–water partition coefficient (Wildman–Crippen LogP) is 8.87. The normalized spacial score (nSPS) is 15.9. The first-order chi connectivity index (χ1) is 17.6. The number of anilines is 3. The van der Waals surface area contributed by atoms with Crippen LogP contribution < -0.4 is 4.90 Å². The molecular weight excluding hydrogens is 438 g/mol. The number of aromatic amines is 2. The van der Waals surface area contributed by atoms with Gasteiger partial charge in [-0.25, -0.2) is 0 Å². The van der Waals surface area contributed by atoms with Crippen LogP contribution in [-0.4, -0.2) is 9.97 Å². The van der Waals surface area contributed by atoms with Crippen molar-refractivity contribution in [3.63, 3.8) is 0 Å². The molecule has 2 aromatic heterocycles. The van der Waals surface area contributed by atoms with Crippen molar-refractivity contribution >= 4 is 55.8 Å². The van der Waals surface area contributed by atoms with Gasteiger partial charge in [-0.3, -0.25) is 0 Å². The third-order valence-corrected chi connectivity index (χ3v) is 8.37. The van der Waals surface area contributed by atoms with Gasteiger partial charge < -0.3 is 14.9 Å². The summed E-state index contributed by atoms with van der Waals surface area (Å²) in [7, 11) is 0. The van der Waals surface area contributed by atoms with Crippen LogP contribution >= 0.6 is 0 Å². The van der Waals surface area contributed by atoms with E-state index in [0.717, 1.165) is 12.8 Å². The Bertz CT molecular complexity index is 1860. The fraction of sp³-hybridized carbons (Fsp3) is 0.152. The minimum atomic E-state index is -0.149. The van der Waals surface area contributed by atoms with Gasteiger partial charge >= 0.3 is 0 Å². The Balaban J connectivity index is 1.49. The van der Waals surface area contributed by atoms with E-state index in [1.807, 2.05) is 0 Å². The number of hydrogen-bond acceptors (Lipinski definition) is 1. The molecule has 3 nitrogen and oxygen atoms in total. The van der Waals surface area contributed by atoms with E-state index in [1.54, 1.807) is 0 Å². The molecule has 3 heteroatoms. The lowest BCUT2D eigenvalue weighted by molar-refractivity contribution is 0.634. The first-order valence-electron chi connectivity index (χ1n) is 12.9. The molecule has 2 aliphatic rings. The molecule has 174 valence electrons. The van der Waals surface area contributed by atoms with Gasteiger partial charge in [0.2, 0.25) is 0 Å². The largest absolute Gasteiger partial charge is 0.355 e. The summed E-state index contributed by atoms with van der Waals surface area (Å²) < 4.78 is 0. The van der Waals surface area contributed by atoms with Gasteiger partial charge in [0, 0.05) is 49.5 Å². The van der Waals surface area contributed by atoms with Crippen LogP contribution in [0, 0.1) is 0 Å². The van der Waals surface area contributed by atoms with Crippen LogP contribution in [0.4, 0.5) is 17.1 Å². The molecule has 36 heavy (non-hydrogen) atoms. The number of H-pyrrole nitrogens is 2. The summed E-state index contributed by atoms with van der Waals surface area (Å²) in [5, 5.41) is 3.90. The minimum Gasteiger partial charge on any atom is -0.355 e. The molecule has 4 aromatic carbocycles. The van der Waals surface area contributed by atoms with Crippen LogP contribution in [0.2, 0.25) is 0 Å². The van der Waals surface area contributed by atoms with Crippen molar-refractivity contribution in [3.8, 4) is 0 Å². The quantitative estimate of drug-likeness (QED) is 0.250. The summed E-state index contributed by atoms with van der Waals surface area (Å²) in [6.07, 6.45) is 6.73. The number of para-hydroxylation sites is 2. The number of fused-ring (bicyclic) bond motifs is 8. The van der Waals surface area contributed by atoms with E-state index in [-0.39, 0.29) is 5.41 Å². The highest BCUT2D eigenvalue weighted by molar-refractivity contribution is 6.10. The lowest BCUT2D eigenvalue weighted by Crippen LogP contribution is -2.30. The fourth-order valence-electron chi connectivity index (χ4n) is 6.54. The van der Waals surface area contributed by atoms with E-state index in [4.69, 9.17) is 0 Å². The maximum Gasteiger partial charge on any atom is 0.0523 e. The lowest BCUT2D eigenvalue weighted by atomic mass is 9.72. The maximum absolute atomic E-state index is 3.72. The number of rotatable bonds is 1. The summed E-state index contributed by atoms with van der Waals surface area (Å²) >= 11 is 0. The Morgan fingerprint density at radius 3 is 2.33 bits per heavy atom. The van der Waals surface area contributed by atoms with Crippen LogP contribution in [0.3, 0.4) is 0 Å². The standard InChI is InChI=1S/C33H27N3/c1-33(2)25-16-23-21-12-6-8-14-27(21)35-30(23)19-32(25)36(20-10-4-3-5-11-20)31-17-24-22-13-7-9-15-28(22)34-29(24)18-26(31)33/h3-5,7-11,13-19,34-35H,6,12H2,1-2H3. The van der Waals surface area contributed by atoms with Gasteiger partial charge in [-0.15, -0.1) is 0 Å². The molecule has 2 N–H and O–H groups in total. The lowest BCUT2D eigenvalue weighted by Gasteiger charge is -2.42. The summed E-state index contributed by atoms with van der Waals surface area (Å²) in [6.45, 7) is 4.76. The van der Waals surface area contributed by atoms with Gasteiger partial charge in [0.1, 0.15) is 0 Å². The summed E-state index contributed by atoms with van der Waals surface area (Å²) in [6, 6.07) is 29.1. The van der Waals surface area contributed by atoms with Crippen molar-refractivity contribution in [3.05, 3.63) is 107 Å². The highest BCUT2D eigenvalue weighted by Gasteiger charge is 2.38. The van der Waals surface area contributed by atoms with Crippen molar-refractivity contribution < 1.29 is 0 Å². The van der Waals surface area contributed by atoms with Gasteiger partial charge in [0.15, 0.2) is 0 Å². The molecule has 0 radical (unpaired) electrons. The Labute approximate surface area is 210 Å². The molecule has 1 aliphatic heterocycles. The molecule has 0 amide bonds. The Morgan fingerprint density at radius 2 is 1.44 bits per heavy atom. The zero-order valence-corrected chi connectivity index (χ0v) is 20.5. The molecular formula is C33H27N3. The van der Waals surface area contributed by atoms with Gasteiger partial charge in [-0.05, 0) is 78.1 Å². The van der Waals surface area contributed by atoms with E-state index in [2.05, 4.69) is 120 Å². The molecule has 0 spiro atoms. The number of nitrogens with one attached hydrogen (secondary N) is 2. The van der Waals surface area contributed by atoms with Gasteiger partial charge in [-0.1, -0.05) is 56.3 Å². The summed E-state index contributed by atoms with van der Waals surface area (Å²) in [5.41, 5.74) is 12.6. The van der Waals surface area contributed by atoms with Gasteiger partial charge in [-0.2, -0.15) is 0 Å². The molecule has 6 aromatic rings. The van der Waals surface area contributed by atoms with E-state index < -0.39 is 0 Å². The molecule has 0 saturated heterocycles. The number of hydrogen-bond donors (Lipinski definition) is 2. The van der Waals surface area contributed by atoms with Crippen molar-refractivity contribution in [1.82, 2.24) is 9.97 Å².